The van der Waals surface area contributed by atoms with Crippen molar-refractivity contribution in [2.75, 3.05) is 0 Å². The van der Waals surface area contributed by atoms with E-state index in [4.69, 9.17) is 0 Å². The van der Waals surface area contributed by atoms with Gasteiger partial charge in [0.05, 0.1) is 11.4 Å². The van der Waals surface area contributed by atoms with E-state index in [1.807, 2.05) is 23.9 Å². The van der Waals surface area contributed by atoms with Crippen LogP contribution in [0.25, 0.3) is 5.69 Å². The van der Waals surface area contributed by atoms with Gasteiger partial charge in [-0.15, -0.1) is 0 Å². The summed E-state index contributed by atoms with van der Waals surface area (Å²) in [7, 11) is 0. The fourth-order valence-electron chi connectivity index (χ4n) is 1.65. The van der Waals surface area contributed by atoms with Gasteiger partial charge in [-0.2, -0.15) is 5.10 Å². The van der Waals surface area contributed by atoms with Crippen molar-refractivity contribution in [3.63, 3.8) is 0 Å². The predicted octanol–water partition coefficient (Wildman–Crippen LogP) is 2.68. The molecule has 0 atom stereocenters. The van der Waals surface area contributed by atoms with Crippen LogP contribution in [0, 0.1) is 6.92 Å². The number of nitrogens with zero attached hydrogens (tertiary/aromatic N) is 2. The predicted molar refractivity (Wildman–Crippen MR) is 70.3 cm³/mol. The highest BCUT2D eigenvalue weighted by atomic mass is 15.3. The summed E-state index contributed by atoms with van der Waals surface area (Å²) >= 11 is 0. The van der Waals surface area contributed by atoms with Crippen molar-refractivity contribution in [2.45, 2.75) is 33.4 Å². The Morgan fingerprint density at radius 2 is 1.88 bits per heavy atom. The molecule has 0 amide bonds. The largest absolute Gasteiger partial charge is 0.310 e. The van der Waals surface area contributed by atoms with Crippen LogP contribution in [0.1, 0.15) is 25.1 Å². The van der Waals surface area contributed by atoms with E-state index in [2.05, 4.69) is 48.5 Å². The minimum atomic E-state index is 0.517. The second kappa shape index (κ2) is 5.15. The fraction of sp³-hybridized carbons (Fsp3) is 0.357. The van der Waals surface area contributed by atoms with Crippen LogP contribution in [0.15, 0.2) is 36.5 Å². The minimum absolute atomic E-state index is 0.517. The lowest BCUT2D eigenvalue weighted by molar-refractivity contribution is 0.589. The van der Waals surface area contributed by atoms with Crippen molar-refractivity contribution in [1.29, 1.82) is 0 Å². The summed E-state index contributed by atoms with van der Waals surface area (Å²) < 4.78 is 1.90. The molecule has 0 bridgehead atoms. The molecule has 0 saturated heterocycles. The molecule has 2 aromatic rings. The van der Waals surface area contributed by atoms with Crippen LogP contribution in [0.5, 0.6) is 0 Å². The highest BCUT2D eigenvalue weighted by Crippen LogP contribution is 2.09. The summed E-state index contributed by atoms with van der Waals surface area (Å²) in [4.78, 5) is 0. The molecule has 0 spiro atoms. The molecular weight excluding hydrogens is 210 g/mol. The smallest absolute Gasteiger partial charge is 0.0645 e. The highest BCUT2D eigenvalue weighted by Gasteiger charge is 1.99. The number of nitrogens with one attached hydrogen (secondary N) is 1. The summed E-state index contributed by atoms with van der Waals surface area (Å²) in [5, 5.41) is 7.79. The highest BCUT2D eigenvalue weighted by molar-refractivity contribution is 5.34. The van der Waals surface area contributed by atoms with Crippen molar-refractivity contribution >= 4 is 0 Å². The summed E-state index contributed by atoms with van der Waals surface area (Å²) in [5.74, 6) is 0. The van der Waals surface area contributed by atoms with Crippen LogP contribution < -0.4 is 5.32 Å². The van der Waals surface area contributed by atoms with Crippen LogP contribution in [-0.2, 0) is 6.54 Å². The molecule has 90 valence electrons. The number of hydrogen-bond donors (Lipinski definition) is 1. The quantitative estimate of drug-likeness (QED) is 0.873. The molecule has 0 aliphatic carbocycles. The van der Waals surface area contributed by atoms with Gasteiger partial charge in [0, 0.05) is 18.8 Å². The maximum atomic E-state index is 4.39. The summed E-state index contributed by atoms with van der Waals surface area (Å²) in [6.07, 6.45) is 1.98. The third kappa shape index (κ3) is 3.17. The molecule has 17 heavy (non-hydrogen) atoms. The Morgan fingerprint density at radius 3 is 2.41 bits per heavy atom. The first-order chi connectivity index (χ1) is 8.15. The molecule has 1 aromatic carbocycles. The average molecular weight is 229 g/mol. The Kier molecular flexibility index (Phi) is 3.59. The molecular formula is C14H19N3. The molecule has 1 N–H and O–H groups in total. The van der Waals surface area contributed by atoms with Gasteiger partial charge in [0.25, 0.3) is 0 Å². The molecule has 0 unspecified atom stereocenters. The van der Waals surface area contributed by atoms with Crippen molar-refractivity contribution in [1.82, 2.24) is 15.1 Å². The molecule has 3 nitrogen and oxygen atoms in total. The van der Waals surface area contributed by atoms with E-state index >= 15 is 0 Å². The van der Waals surface area contributed by atoms with E-state index in [1.165, 1.54) is 5.56 Å². The summed E-state index contributed by atoms with van der Waals surface area (Å²) in [5.41, 5.74) is 3.44. The van der Waals surface area contributed by atoms with Gasteiger partial charge in [-0.3, -0.25) is 0 Å². The first-order valence-electron chi connectivity index (χ1n) is 6.00. The number of aryl methyl sites for hydroxylation is 1. The molecule has 2 rings (SSSR count). The maximum Gasteiger partial charge on any atom is 0.0645 e. The van der Waals surface area contributed by atoms with Crippen LogP contribution in [0.2, 0.25) is 0 Å². The average Bonchev–Trinajstić information content (AvgIpc) is 2.74. The molecule has 1 aromatic heterocycles. The molecule has 0 saturated carbocycles. The molecule has 0 aliphatic heterocycles. The van der Waals surface area contributed by atoms with Gasteiger partial charge in [-0.1, -0.05) is 26.0 Å². The minimum Gasteiger partial charge on any atom is -0.310 e. The number of aromatic nitrogens is 2. The Bertz CT molecular complexity index is 468. The second-order valence-electron chi connectivity index (χ2n) is 4.60. The van der Waals surface area contributed by atoms with Crippen molar-refractivity contribution in [2.24, 2.45) is 0 Å². The topological polar surface area (TPSA) is 29.9 Å². The molecule has 0 aliphatic rings. The van der Waals surface area contributed by atoms with Crippen molar-refractivity contribution < 1.29 is 0 Å². The third-order valence-corrected chi connectivity index (χ3v) is 2.64. The Morgan fingerprint density at radius 1 is 1.18 bits per heavy atom. The monoisotopic (exact) mass is 229 g/mol. The van der Waals surface area contributed by atoms with E-state index in [9.17, 15) is 0 Å². The first kappa shape index (κ1) is 11.9. The zero-order chi connectivity index (χ0) is 12.3. The molecule has 0 radical (unpaired) electrons. The van der Waals surface area contributed by atoms with E-state index in [0.717, 1.165) is 17.9 Å². The van der Waals surface area contributed by atoms with Crippen LogP contribution >= 0.6 is 0 Å². The SMILES string of the molecule is Cc1ccn(-c2ccc(CNC(C)C)cc2)n1. The van der Waals surface area contributed by atoms with E-state index in [-0.39, 0.29) is 0 Å². The lowest BCUT2D eigenvalue weighted by Gasteiger charge is -2.08. The number of rotatable bonds is 4. The standard InChI is InChI=1S/C14H19N3/c1-11(2)15-10-13-4-6-14(7-5-13)17-9-8-12(3)16-17/h4-9,11,15H,10H2,1-3H3. The Balaban J connectivity index is 2.07. The van der Waals surface area contributed by atoms with E-state index in [0.29, 0.717) is 6.04 Å². The lowest BCUT2D eigenvalue weighted by Crippen LogP contribution is -2.21. The fourth-order valence-corrected chi connectivity index (χ4v) is 1.65. The number of benzene rings is 1. The summed E-state index contributed by atoms with van der Waals surface area (Å²) in [6.45, 7) is 7.22. The third-order valence-electron chi connectivity index (χ3n) is 2.64. The van der Waals surface area contributed by atoms with Gasteiger partial charge < -0.3 is 5.32 Å². The van der Waals surface area contributed by atoms with Crippen LogP contribution in [-0.4, -0.2) is 15.8 Å². The second-order valence-corrected chi connectivity index (χ2v) is 4.60. The molecule has 0 fully saturated rings. The zero-order valence-electron chi connectivity index (χ0n) is 10.6. The maximum absolute atomic E-state index is 4.39. The zero-order valence-corrected chi connectivity index (χ0v) is 10.6. The van der Waals surface area contributed by atoms with Crippen molar-refractivity contribution in [3.05, 3.63) is 47.8 Å². The van der Waals surface area contributed by atoms with Gasteiger partial charge in [0.15, 0.2) is 0 Å². The van der Waals surface area contributed by atoms with Crippen molar-refractivity contribution in [3.8, 4) is 5.69 Å². The van der Waals surface area contributed by atoms with Crippen LogP contribution in [0.4, 0.5) is 0 Å². The normalized spacial score (nSPS) is 11.1. The van der Waals surface area contributed by atoms with Gasteiger partial charge in [0.2, 0.25) is 0 Å². The van der Waals surface area contributed by atoms with E-state index < -0.39 is 0 Å². The summed E-state index contributed by atoms with van der Waals surface area (Å²) in [6, 6.07) is 11.0. The Hall–Kier alpha value is -1.61. The lowest BCUT2D eigenvalue weighted by atomic mass is 10.2. The van der Waals surface area contributed by atoms with Gasteiger partial charge in [-0.05, 0) is 30.7 Å². The Labute approximate surface area is 102 Å². The van der Waals surface area contributed by atoms with Gasteiger partial charge >= 0.3 is 0 Å². The number of hydrogen-bond acceptors (Lipinski definition) is 2. The van der Waals surface area contributed by atoms with Crippen LogP contribution in [0.3, 0.4) is 0 Å². The molecule has 3 heteroatoms. The first-order valence-corrected chi connectivity index (χ1v) is 6.00. The van der Waals surface area contributed by atoms with Gasteiger partial charge in [0.1, 0.15) is 0 Å². The van der Waals surface area contributed by atoms with Gasteiger partial charge in [-0.25, -0.2) is 4.68 Å². The molecule has 1 heterocycles. The van der Waals surface area contributed by atoms with E-state index in [1.54, 1.807) is 0 Å².